The quantitative estimate of drug-likeness (QED) is 0.900. The summed E-state index contributed by atoms with van der Waals surface area (Å²) in [5.41, 5.74) is 2.99. The first-order valence-corrected chi connectivity index (χ1v) is 7.96. The molecule has 0 atom stereocenters. The lowest BCUT2D eigenvalue weighted by atomic mass is 9.77. The molecule has 0 radical (unpaired) electrons. The van der Waals surface area contributed by atoms with Crippen LogP contribution < -0.4 is 10.1 Å². The standard InChI is InChI=1S/C17H22N2O2/c20-16-10-17(12-18-16)4-6-19(7-5-17)11-13-1-2-15-14(9-13)3-8-21-15/h1-2,9H,3-8,10-12H2,(H,18,20). The lowest BCUT2D eigenvalue weighted by molar-refractivity contribution is -0.119. The molecule has 1 aromatic carbocycles. The highest BCUT2D eigenvalue weighted by Gasteiger charge is 2.40. The Bertz CT molecular complexity index is 562. The topological polar surface area (TPSA) is 41.6 Å². The Kier molecular flexibility index (Phi) is 3.14. The summed E-state index contributed by atoms with van der Waals surface area (Å²) in [7, 11) is 0. The number of hydrogen-bond donors (Lipinski definition) is 1. The summed E-state index contributed by atoms with van der Waals surface area (Å²) >= 11 is 0. The van der Waals surface area contributed by atoms with Crippen molar-refractivity contribution in [1.29, 1.82) is 0 Å². The smallest absolute Gasteiger partial charge is 0.220 e. The fourth-order valence-corrected chi connectivity index (χ4v) is 3.89. The third kappa shape index (κ3) is 2.53. The summed E-state index contributed by atoms with van der Waals surface area (Å²) in [5, 5.41) is 3.00. The molecule has 0 bridgehead atoms. The highest BCUT2D eigenvalue weighted by molar-refractivity contribution is 5.79. The van der Waals surface area contributed by atoms with Crippen LogP contribution in [0.25, 0.3) is 0 Å². The Labute approximate surface area is 125 Å². The number of benzene rings is 1. The number of nitrogens with one attached hydrogen (secondary N) is 1. The summed E-state index contributed by atoms with van der Waals surface area (Å²) in [6.45, 7) is 4.93. The van der Waals surface area contributed by atoms with E-state index in [9.17, 15) is 4.79 Å². The molecule has 0 aromatic heterocycles. The summed E-state index contributed by atoms with van der Waals surface area (Å²) < 4.78 is 5.56. The van der Waals surface area contributed by atoms with Crippen LogP contribution in [0.5, 0.6) is 5.75 Å². The second-order valence-corrected chi connectivity index (χ2v) is 6.77. The van der Waals surface area contributed by atoms with Gasteiger partial charge in [-0.3, -0.25) is 9.69 Å². The Balaban J connectivity index is 1.38. The number of piperidine rings is 1. The minimum Gasteiger partial charge on any atom is -0.493 e. The molecule has 2 fully saturated rings. The first-order valence-electron chi connectivity index (χ1n) is 7.96. The zero-order valence-corrected chi connectivity index (χ0v) is 12.4. The van der Waals surface area contributed by atoms with E-state index in [1.165, 1.54) is 11.1 Å². The predicted molar refractivity (Wildman–Crippen MR) is 80.2 cm³/mol. The molecule has 112 valence electrons. The zero-order chi connectivity index (χ0) is 14.3. The van der Waals surface area contributed by atoms with E-state index in [4.69, 9.17) is 4.74 Å². The number of rotatable bonds is 2. The molecule has 21 heavy (non-hydrogen) atoms. The summed E-state index contributed by atoms with van der Waals surface area (Å²) in [5.74, 6) is 1.30. The number of carbonyl (C=O) groups excluding carboxylic acids is 1. The van der Waals surface area contributed by atoms with E-state index in [-0.39, 0.29) is 11.3 Å². The molecule has 0 aliphatic carbocycles. The second kappa shape index (κ2) is 5.02. The number of likely N-dealkylation sites (tertiary alicyclic amines) is 1. The van der Waals surface area contributed by atoms with E-state index in [0.717, 1.165) is 64.2 Å². The maximum atomic E-state index is 11.5. The average Bonchev–Trinajstić information content (AvgIpc) is 3.08. The van der Waals surface area contributed by atoms with Gasteiger partial charge in [-0.1, -0.05) is 12.1 Å². The molecule has 4 heteroatoms. The number of hydrogen-bond acceptors (Lipinski definition) is 3. The van der Waals surface area contributed by atoms with Gasteiger partial charge in [0.1, 0.15) is 5.75 Å². The van der Waals surface area contributed by atoms with E-state index in [2.05, 4.69) is 28.4 Å². The molecule has 3 aliphatic heterocycles. The van der Waals surface area contributed by atoms with Crippen molar-refractivity contribution in [2.24, 2.45) is 5.41 Å². The number of nitrogens with zero attached hydrogens (tertiary/aromatic N) is 1. The van der Waals surface area contributed by atoms with Gasteiger partial charge in [0.2, 0.25) is 5.91 Å². The largest absolute Gasteiger partial charge is 0.493 e. The number of fused-ring (bicyclic) bond motifs is 1. The predicted octanol–water partition coefficient (Wildman–Crippen LogP) is 1.72. The van der Waals surface area contributed by atoms with Gasteiger partial charge in [-0.25, -0.2) is 0 Å². The SMILES string of the molecule is O=C1CC2(CCN(Cc3ccc4c(c3)CCO4)CC2)CN1. The Hall–Kier alpha value is -1.55. The fraction of sp³-hybridized carbons (Fsp3) is 0.588. The van der Waals surface area contributed by atoms with Crippen LogP contribution in [0.1, 0.15) is 30.4 Å². The van der Waals surface area contributed by atoms with Crippen LogP contribution in [0.4, 0.5) is 0 Å². The van der Waals surface area contributed by atoms with Crippen molar-refractivity contribution in [3.8, 4) is 5.75 Å². The van der Waals surface area contributed by atoms with Gasteiger partial charge in [-0.15, -0.1) is 0 Å². The van der Waals surface area contributed by atoms with Crippen LogP contribution in [0.2, 0.25) is 0 Å². The van der Waals surface area contributed by atoms with Crippen LogP contribution in [-0.4, -0.2) is 37.0 Å². The monoisotopic (exact) mass is 286 g/mol. The van der Waals surface area contributed by atoms with Gasteiger partial charge < -0.3 is 10.1 Å². The first kappa shape index (κ1) is 13.1. The van der Waals surface area contributed by atoms with Crippen LogP contribution in [-0.2, 0) is 17.8 Å². The third-order valence-electron chi connectivity index (χ3n) is 5.27. The van der Waals surface area contributed by atoms with Crippen molar-refractivity contribution in [3.05, 3.63) is 29.3 Å². The lowest BCUT2D eigenvalue weighted by Crippen LogP contribution is -2.40. The second-order valence-electron chi connectivity index (χ2n) is 6.77. The fourth-order valence-electron chi connectivity index (χ4n) is 3.89. The Morgan fingerprint density at radius 2 is 2.14 bits per heavy atom. The van der Waals surface area contributed by atoms with Gasteiger partial charge in [-0.05, 0) is 48.5 Å². The van der Waals surface area contributed by atoms with E-state index in [1.54, 1.807) is 0 Å². The molecule has 1 N–H and O–H groups in total. The molecule has 4 rings (SSSR count). The number of ether oxygens (including phenoxy) is 1. The third-order valence-corrected chi connectivity index (χ3v) is 5.27. The molecule has 1 amide bonds. The van der Waals surface area contributed by atoms with Crippen molar-refractivity contribution in [2.75, 3.05) is 26.2 Å². The van der Waals surface area contributed by atoms with E-state index < -0.39 is 0 Å². The minimum atomic E-state index is 0.238. The Morgan fingerprint density at radius 1 is 1.29 bits per heavy atom. The van der Waals surface area contributed by atoms with Gasteiger partial charge in [0.25, 0.3) is 0 Å². The van der Waals surface area contributed by atoms with Crippen LogP contribution in [0.15, 0.2) is 18.2 Å². The van der Waals surface area contributed by atoms with Gasteiger partial charge in [-0.2, -0.15) is 0 Å². The van der Waals surface area contributed by atoms with Crippen molar-refractivity contribution in [3.63, 3.8) is 0 Å². The van der Waals surface area contributed by atoms with Gasteiger partial charge >= 0.3 is 0 Å². The molecule has 4 nitrogen and oxygen atoms in total. The molecule has 1 spiro atoms. The van der Waals surface area contributed by atoms with E-state index in [1.807, 2.05) is 0 Å². The van der Waals surface area contributed by atoms with Crippen LogP contribution in [0, 0.1) is 5.41 Å². The summed E-state index contributed by atoms with van der Waals surface area (Å²) in [6, 6.07) is 6.60. The average molecular weight is 286 g/mol. The Morgan fingerprint density at radius 3 is 2.90 bits per heavy atom. The van der Waals surface area contributed by atoms with Crippen LogP contribution in [0.3, 0.4) is 0 Å². The van der Waals surface area contributed by atoms with E-state index in [0.29, 0.717) is 0 Å². The maximum absolute atomic E-state index is 11.5. The summed E-state index contributed by atoms with van der Waals surface area (Å²) in [4.78, 5) is 14.0. The van der Waals surface area contributed by atoms with Gasteiger partial charge in [0.15, 0.2) is 0 Å². The maximum Gasteiger partial charge on any atom is 0.220 e. The molecule has 3 aliphatic rings. The van der Waals surface area contributed by atoms with E-state index >= 15 is 0 Å². The molecular formula is C17H22N2O2. The number of carbonyl (C=O) groups is 1. The molecule has 2 saturated heterocycles. The molecule has 3 heterocycles. The van der Waals surface area contributed by atoms with Crippen LogP contribution >= 0.6 is 0 Å². The highest BCUT2D eigenvalue weighted by atomic mass is 16.5. The molecule has 0 unspecified atom stereocenters. The lowest BCUT2D eigenvalue weighted by Gasteiger charge is -2.38. The van der Waals surface area contributed by atoms with Gasteiger partial charge in [0, 0.05) is 25.9 Å². The normalized spacial score (nSPS) is 23.9. The molecule has 1 aromatic rings. The minimum absolute atomic E-state index is 0.238. The van der Waals surface area contributed by atoms with Crippen molar-refractivity contribution in [1.82, 2.24) is 10.2 Å². The molecule has 0 saturated carbocycles. The zero-order valence-electron chi connectivity index (χ0n) is 12.4. The van der Waals surface area contributed by atoms with Crippen molar-refractivity contribution >= 4 is 5.91 Å². The molecular weight excluding hydrogens is 264 g/mol. The van der Waals surface area contributed by atoms with Crippen molar-refractivity contribution in [2.45, 2.75) is 32.2 Å². The summed E-state index contributed by atoms with van der Waals surface area (Å²) in [6.07, 6.45) is 4.05. The number of amides is 1. The highest BCUT2D eigenvalue weighted by Crippen LogP contribution is 2.38. The van der Waals surface area contributed by atoms with Crippen molar-refractivity contribution < 1.29 is 9.53 Å². The first-order chi connectivity index (χ1) is 10.2. The van der Waals surface area contributed by atoms with Gasteiger partial charge in [0.05, 0.1) is 6.61 Å².